The predicted molar refractivity (Wildman–Crippen MR) is 142 cm³/mol. The van der Waals surface area contributed by atoms with Gasteiger partial charge in [0.05, 0.1) is 27.9 Å². The highest BCUT2D eigenvalue weighted by atomic mass is 32.2. The highest BCUT2D eigenvalue weighted by Gasteiger charge is 2.24. The van der Waals surface area contributed by atoms with Gasteiger partial charge in [0, 0.05) is 21.9 Å². The lowest BCUT2D eigenvalue weighted by Crippen LogP contribution is -2.22. The number of aromatic nitrogens is 3. The molecule has 0 bridgehead atoms. The lowest BCUT2D eigenvalue weighted by molar-refractivity contribution is 0.393. The van der Waals surface area contributed by atoms with Crippen molar-refractivity contribution in [2.75, 3.05) is 0 Å². The average molecular weight is 501 g/mol. The van der Waals surface area contributed by atoms with E-state index in [1.165, 1.54) is 0 Å². The number of nitrogens with two attached hydrogens (primary N) is 1. The summed E-state index contributed by atoms with van der Waals surface area (Å²) in [5.41, 5.74) is 7.10. The molecule has 2 aromatic carbocycles. The second-order valence-corrected chi connectivity index (χ2v) is 10.6. The second-order valence-electron chi connectivity index (χ2n) is 9.10. The Labute approximate surface area is 212 Å². The number of nitrogens with zero attached hydrogens (tertiary/aromatic N) is 3. The third-order valence-electron chi connectivity index (χ3n) is 6.60. The minimum atomic E-state index is -1.44. The molecule has 3 heterocycles. The largest absolute Gasteiger partial charge is 0.361 e. The van der Waals surface area contributed by atoms with Gasteiger partial charge in [-0.05, 0) is 69.4 Å². The minimum Gasteiger partial charge on any atom is -0.361 e. The standard InChI is InChI=1S/C28H28N4O3S/c1-17(36(29)33)15-20(16-21-9-8-13-25(30-21)27-18(2)31-34-19(27)3)22-10-4-5-11-23(22)28-24-12-6-7-14-26(24)35-32-28/h4-14,17,20H,15-16,29H2,1-3H3/t17?,20-,36?/m1/s1. The highest BCUT2D eigenvalue weighted by Crippen LogP contribution is 2.37. The van der Waals surface area contributed by atoms with Gasteiger partial charge in [-0.15, -0.1) is 0 Å². The second kappa shape index (κ2) is 10.2. The fourth-order valence-corrected chi connectivity index (χ4v) is 5.22. The number of rotatable bonds is 8. The Balaban J connectivity index is 1.57. The molecule has 5 rings (SSSR count). The van der Waals surface area contributed by atoms with E-state index in [0.717, 1.165) is 56.2 Å². The van der Waals surface area contributed by atoms with E-state index in [0.29, 0.717) is 12.8 Å². The monoisotopic (exact) mass is 500 g/mol. The zero-order valence-electron chi connectivity index (χ0n) is 20.5. The Morgan fingerprint density at radius 2 is 1.72 bits per heavy atom. The maximum Gasteiger partial charge on any atom is 0.167 e. The maximum absolute atomic E-state index is 12.2. The fourth-order valence-electron chi connectivity index (χ4n) is 4.80. The van der Waals surface area contributed by atoms with Crippen LogP contribution < -0.4 is 5.14 Å². The molecule has 0 amide bonds. The molecule has 0 spiro atoms. The van der Waals surface area contributed by atoms with E-state index < -0.39 is 11.0 Å². The van der Waals surface area contributed by atoms with Gasteiger partial charge in [0.2, 0.25) is 0 Å². The molecule has 7 nitrogen and oxygen atoms in total. The summed E-state index contributed by atoms with van der Waals surface area (Å²) >= 11 is 0. The number of hydrogen-bond donors (Lipinski definition) is 1. The molecule has 2 N–H and O–H groups in total. The Kier molecular flexibility index (Phi) is 6.80. The average Bonchev–Trinajstić information content (AvgIpc) is 3.46. The van der Waals surface area contributed by atoms with Crippen molar-refractivity contribution in [3.8, 4) is 22.5 Å². The van der Waals surface area contributed by atoms with Gasteiger partial charge in [-0.1, -0.05) is 52.8 Å². The molecule has 36 heavy (non-hydrogen) atoms. The van der Waals surface area contributed by atoms with Crippen LogP contribution in [-0.2, 0) is 17.4 Å². The highest BCUT2D eigenvalue weighted by molar-refractivity contribution is 7.83. The lowest BCUT2D eigenvalue weighted by atomic mass is 9.85. The molecule has 0 saturated carbocycles. The van der Waals surface area contributed by atoms with Crippen LogP contribution in [0.3, 0.4) is 0 Å². The fraction of sp³-hybridized carbons (Fsp3) is 0.250. The summed E-state index contributed by atoms with van der Waals surface area (Å²) in [6, 6.07) is 22.0. The third-order valence-corrected chi connectivity index (χ3v) is 7.58. The summed E-state index contributed by atoms with van der Waals surface area (Å²) in [6.07, 6.45) is 1.28. The molecule has 184 valence electrons. The number of hydrogen-bond acceptors (Lipinski definition) is 6. The Morgan fingerprint density at radius 3 is 2.50 bits per heavy atom. The van der Waals surface area contributed by atoms with Crippen LogP contribution in [0.15, 0.2) is 75.8 Å². The van der Waals surface area contributed by atoms with Crippen LogP contribution in [0.1, 0.15) is 42.0 Å². The summed E-state index contributed by atoms with van der Waals surface area (Å²) in [6.45, 7) is 5.73. The van der Waals surface area contributed by atoms with Gasteiger partial charge in [0.15, 0.2) is 5.58 Å². The van der Waals surface area contributed by atoms with Gasteiger partial charge in [-0.3, -0.25) is 10.1 Å². The number of para-hydroxylation sites is 1. The quantitative estimate of drug-likeness (QED) is 0.285. The van der Waals surface area contributed by atoms with Crippen molar-refractivity contribution >= 4 is 22.0 Å². The van der Waals surface area contributed by atoms with Crippen molar-refractivity contribution in [2.45, 2.75) is 44.8 Å². The van der Waals surface area contributed by atoms with Crippen LogP contribution >= 0.6 is 0 Å². The zero-order chi connectivity index (χ0) is 25.2. The number of aryl methyl sites for hydroxylation is 2. The van der Waals surface area contributed by atoms with Gasteiger partial charge in [0.25, 0.3) is 0 Å². The SMILES string of the molecule is Cc1noc(C)c1-c1cccc(C[C@@H](CC(C)S(N)=O)c2ccccc2-c2noc3ccccc23)n1. The Bertz CT molecular complexity index is 1520. The van der Waals surface area contributed by atoms with E-state index >= 15 is 0 Å². The van der Waals surface area contributed by atoms with Crippen LogP contribution in [0.25, 0.3) is 33.5 Å². The molecule has 0 aliphatic carbocycles. The van der Waals surface area contributed by atoms with E-state index in [-0.39, 0.29) is 11.2 Å². The molecule has 2 unspecified atom stereocenters. The van der Waals surface area contributed by atoms with Crippen molar-refractivity contribution in [2.24, 2.45) is 5.14 Å². The van der Waals surface area contributed by atoms with Gasteiger partial charge < -0.3 is 9.05 Å². The minimum absolute atomic E-state index is 0.00609. The molecule has 5 aromatic rings. The third kappa shape index (κ3) is 4.74. The summed E-state index contributed by atoms with van der Waals surface area (Å²) < 4.78 is 23.1. The molecule has 0 aliphatic heterocycles. The number of pyridine rings is 1. The van der Waals surface area contributed by atoms with Gasteiger partial charge >= 0.3 is 0 Å². The van der Waals surface area contributed by atoms with Crippen LogP contribution in [0.4, 0.5) is 0 Å². The van der Waals surface area contributed by atoms with E-state index in [2.05, 4.69) is 22.4 Å². The number of benzene rings is 2. The molecule has 8 heteroatoms. The first kappa shape index (κ1) is 24.1. The Morgan fingerprint density at radius 1 is 0.944 bits per heavy atom. The van der Waals surface area contributed by atoms with Gasteiger partial charge in [-0.25, -0.2) is 4.21 Å². The molecule has 0 fully saturated rings. The van der Waals surface area contributed by atoms with Crippen LogP contribution in [-0.4, -0.2) is 24.8 Å². The van der Waals surface area contributed by atoms with Crippen molar-refractivity contribution in [3.05, 3.63) is 89.4 Å². The molecule has 0 saturated heterocycles. The van der Waals surface area contributed by atoms with Crippen molar-refractivity contribution in [1.29, 1.82) is 0 Å². The zero-order valence-corrected chi connectivity index (χ0v) is 21.3. The van der Waals surface area contributed by atoms with Gasteiger partial charge in [-0.2, -0.15) is 0 Å². The smallest absolute Gasteiger partial charge is 0.167 e. The molecule has 0 aliphatic rings. The molecule has 0 radical (unpaired) electrons. The molecular weight excluding hydrogens is 472 g/mol. The molecule has 3 aromatic heterocycles. The lowest BCUT2D eigenvalue weighted by Gasteiger charge is -2.22. The molecule has 3 atom stereocenters. The molecular formula is C28H28N4O3S. The van der Waals surface area contributed by atoms with Crippen molar-refractivity contribution in [3.63, 3.8) is 0 Å². The number of fused-ring (bicyclic) bond motifs is 1. The van der Waals surface area contributed by atoms with E-state index in [1.807, 2.05) is 75.4 Å². The first-order valence-electron chi connectivity index (χ1n) is 11.9. The van der Waals surface area contributed by atoms with E-state index in [9.17, 15) is 4.21 Å². The first-order chi connectivity index (χ1) is 17.4. The van der Waals surface area contributed by atoms with Gasteiger partial charge in [0.1, 0.15) is 11.5 Å². The predicted octanol–water partition coefficient (Wildman–Crippen LogP) is 5.89. The van der Waals surface area contributed by atoms with E-state index in [1.54, 1.807) is 0 Å². The summed E-state index contributed by atoms with van der Waals surface area (Å²) in [7, 11) is -1.44. The Hall–Kier alpha value is -3.62. The van der Waals surface area contributed by atoms with Crippen LogP contribution in [0.2, 0.25) is 0 Å². The van der Waals surface area contributed by atoms with E-state index in [4.69, 9.17) is 19.2 Å². The normalized spacial score (nSPS) is 14.1. The van der Waals surface area contributed by atoms with Crippen molar-refractivity contribution in [1.82, 2.24) is 15.3 Å². The first-order valence-corrected chi connectivity index (χ1v) is 13.2. The van der Waals surface area contributed by atoms with Crippen LogP contribution in [0.5, 0.6) is 0 Å². The summed E-state index contributed by atoms with van der Waals surface area (Å²) in [5.74, 6) is 0.746. The van der Waals surface area contributed by atoms with Crippen molar-refractivity contribution < 1.29 is 13.3 Å². The summed E-state index contributed by atoms with van der Waals surface area (Å²) in [4.78, 5) is 4.96. The van der Waals surface area contributed by atoms with Crippen LogP contribution in [0, 0.1) is 13.8 Å². The maximum atomic E-state index is 12.2. The topological polar surface area (TPSA) is 108 Å². The summed E-state index contributed by atoms with van der Waals surface area (Å²) in [5, 5.41) is 15.0.